The van der Waals surface area contributed by atoms with E-state index in [1.807, 2.05) is 52.8 Å². The highest BCUT2D eigenvalue weighted by atomic mass is 32.2. The van der Waals surface area contributed by atoms with Crippen LogP contribution in [0.1, 0.15) is 43.4 Å². The molecule has 0 bridgehead atoms. The fourth-order valence-corrected chi connectivity index (χ4v) is 7.18. The Hall–Kier alpha value is -2.45. The van der Waals surface area contributed by atoms with Crippen LogP contribution in [0.4, 0.5) is 0 Å². The molecule has 0 aromatic heterocycles. The van der Waals surface area contributed by atoms with Crippen molar-refractivity contribution in [3.8, 4) is 0 Å². The average Bonchev–Trinajstić information content (AvgIpc) is 2.75. The fraction of sp³-hybridized carbons (Fsp3) is 0.520. The van der Waals surface area contributed by atoms with E-state index in [1.165, 1.54) is 14.2 Å². The van der Waals surface area contributed by atoms with Gasteiger partial charge < -0.3 is 9.47 Å². The van der Waals surface area contributed by atoms with Crippen molar-refractivity contribution in [1.82, 2.24) is 4.31 Å². The summed E-state index contributed by atoms with van der Waals surface area (Å²) in [5.41, 5.74) is 2.60. The maximum absolute atomic E-state index is 13.9. The number of sulfonamides is 1. The Balaban J connectivity index is 2.10. The molecule has 8 heteroatoms. The molecule has 0 amide bonds. The molecular weight excluding hydrogens is 442 g/mol. The van der Waals surface area contributed by atoms with Gasteiger partial charge in [0.15, 0.2) is 5.41 Å². The molecule has 0 unspecified atom stereocenters. The number of methoxy groups -OCH3 is 2. The number of allylic oxidation sites excluding steroid dienone is 1. The first-order valence-electron chi connectivity index (χ1n) is 11.1. The molecule has 0 saturated heterocycles. The van der Waals surface area contributed by atoms with Gasteiger partial charge in [0.1, 0.15) is 0 Å². The second kappa shape index (κ2) is 9.06. The Kier molecular flexibility index (Phi) is 6.92. The molecule has 33 heavy (non-hydrogen) atoms. The molecule has 180 valence electrons. The smallest absolute Gasteiger partial charge is 0.323 e. The summed E-state index contributed by atoms with van der Waals surface area (Å²) in [6.07, 6.45) is 3.88. The molecule has 3 rings (SSSR count). The molecule has 7 nitrogen and oxygen atoms in total. The van der Waals surface area contributed by atoms with Gasteiger partial charge in [-0.2, -0.15) is 4.31 Å². The Bertz CT molecular complexity index is 1110. The van der Waals surface area contributed by atoms with E-state index < -0.39 is 33.4 Å². The van der Waals surface area contributed by atoms with Gasteiger partial charge in [-0.05, 0) is 61.8 Å². The molecule has 1 heterocycles. The van der Waals surface area contributed by atoms with Gasteiger partial charge in [-0.1, -0.05) is 43.7 Å². The van der Waals surface area contributed by atoms with Gasteiger partial charge in [-0.15, -0.1) is 0 Å². The zero-order valence-corrected chi connectivity index (χ0v) is 21.2. The molecule has 1 aromatic carbocycles. The maximum atomic E-state index is 13.9. The van der Waals surface area contributed by atoms with E-state index >= 15 is 0 Å². The van der Waals surface area contributed by atoms with Crippen molar-refractivity contribution in [3.63, 3.8) is 0 Å². The molecule has 2 aliphatic rings. The van der Waals surface area contributed by atoms with Crippen LogP contribution >= 0.6 is 0 Å². The Labute approximate surface area is 196 Å². The lowest BCUT2D eigenvalue weighted by atomic mass is 9.71. The van der Waals surface area contributed by atoms with Gasteiger partial charge in [-0.3, -0.25) is 9.59 Å². The summed E-state index contributed by atoms with van der Waals surface area (Å²) in [4.78, 5) is 25.5. The standard InChI is InChI=1S/C25H33NO6S/c1-15(2)21-12-20-13-25(23(27)31-6,24(28)32-7)9-8-19(20)14-26(21)33(29,30)22-17(4)10-16(3)11-18(22)5/h8,10-12,15,21H,9,13-14H2,1-7H3/t21-/m1/s1. The highest BCUT2D eigenvalue weighted by Gasteiger charge is 2.51. The van der Waals surface area contributed by atoms with Gasteiger partial charge in [0.05, 0.1) is 19.1 Å². The summed E-state index contributed by atoms with van der Waals surface area (Å²) in [6.45, 7) is 9.70. The van der Waals surface area contributed by atoms with Gasteiger partial charge in [0, 0.05) is 12.6 Å². The summed E-state index contributed by atoms with van der Waals surface area (Å²) in [5, 5.41) is 0. The van der Waals surface area contributed by atoms with Crippen LogP contribution in [0.25, 0.3) is 0 Å². The maximum Gasteiger partial charge on any atom is 0.323 e. The highest BCUT2D eigenvalue weighted by molar-refractivity contribution is 7.89. The number of esters is 2. The second-order valence-corrected chi connectivity index (χ2v) is 11.2. The van der Waals surface area contributed by atoms with Crippen LogP contribution in [0.3, 0.4) is 0 Å². The Morgan fingerprint density at radius 2 is 1.58 bits per heavy atom. The molecule has 0 N–H and O–H groups in total. The van der Waals surface area contributed by atoms with Gasteiger partial charge in [0.25, 0.3) is 0 Å². The van der Waals surface area contributed by atoms with E-state index in [2.05, 4.69) is 0 Å². The van der Waals surface area contributed by atoms with E-state index in [9.17, 15) is 18.0 Å². The van der Waals surface area contributed by atoms with Crippen LogP contribution < -0.4 is 0 Å². The monoisotopic (exact) mass is 475 g/mol. The topological polar surface area (TPSA) is 90.0 Å². The van der Waals surface area contributed by atoms with Crippen molar-refractivity contribution in [2.45, 2.75) is 58.4 Å². The van der Waals surface area contributed by atoms with Crippen LogP contribution in [-0.4, -0.2) is 51.5 Å². The molecule has 0 radical (unpaired) electrons. The Morgan fingerprint density at radius 1 is 1.03 bits per heavy atom. The number of benzene rings is 1. The fourth-order valence-electron chi connectivity index (χ4n) is 5.08. The quantitative estimate of drug-likeness (QED) is 0.477. The minimum Gasteiger partial charge on any atom is -0.468 e. The number of ether oxygens (including phenoxy) is 2. The number of hydrogen-bond donors (Lipinski definition) is 0. The molecule has 0 spiro atoms. The Morgan fingerprint density at radius 3 is 2.06 bits per heavy atom. The summed E-state index contributed by atoms with van der Waals surface area (Å²) < 4.78 is 39.2. The predicted molar refractivity (Wildman–Crippen MR) is 125 cm³/mol. The molecule has 1 atom stereocenters. The first-order chi connectivity index (χ1) is 15.4. The minimum atomic E-state index is -3.79. The molecule has 0 saturated carbocycles. The van der Waals surface area contributed by atoms with Gasteiger partial charge in [0.2, 0.25) is 10.0 Å². The molecule has 1 aromatic rings. The van der Waals surface area contributed by atoms with E-state index in [-0.39, 0.29) is 25.3 Å². The second-order valence-electron chi connectivity index (χ2n) is 9.38. The number of hydrogen-bond acceptors (Lipinski definition) is 6. The van der Waals surface area contributed by atoms with Gasteiger partial charge >= 0.3 is 11.9 Å². The van der Waals surface area contributed by atoms with Crippen molar-refractivity contribution < 1.29 is 27.5 Å². The molecule has 0 fully saturated rings. The zero-order valence-electron chi connectivity index (χ0n) is 20.4. The van der Waals surface area contributed by atoms with Crippen LogP contribution in [-0.2, 0) is 29.1 Å². The third kappa shape index (κ3) is 4.26. The number of carbonyl (C=O) groups excluding carboxylic acids is 2. The summed E-state index contributed by atoms with van der Waals surface area (Å²) >= 11 is 0. The van der Waals surface area contributed by atoms with Crippen molar-refractivity contribution in [2.75, 3.05) is 20.8 Å². The number of rotatable bonds is 5. The van der Waals surface area contributed by atoms with E-state index in [4.69, 9.17) is 9.47 Å². The number of carbonyl (C=O) groups is 2. The lowest BCUT2D eigenvalue weighted by Gasteiger charge is -2.41. The van der Waals surface area contributed by atoms with Crippen molar-refractivity contribution in [1.29, 1.82) is 0 Å². The minimum absolute atomic E-state index is 0.0209. The highest BCUT2D eigenvalue weighted by Crippen LogP contribution is 2.44. The third-order valence-corrected chi connectivity index (χ3v) is 8.79. The van der Waals surface area contributed by atoms with E-state index in [0.717, 1.165) is 27.8 Å². The average molecular weight is 476 g/mol. The lowest BCUT2D eigenvalue weighted by Crippen LogP contribution is -2.49. The summed E-state index contributed by atoms with van der Waals surface area (Å²) in [7, 11) is -1.29. The zero-order chi connectivity index (χ0) is 24.7. The molecular formula is C25H33NO6S. The first kappa shape index (κ1) is 25.2. The van der Waals surface area contributed by atoms with Crippen molar-refractivity contribution in [2.24, 2.45) is 11.3 Å². The lowest BCUT2D eigenvalue weighted by molar-refractivity contribution is -0.169. The van der Waals surface area contributed by atoms with E-state index in [1.54, 1.807) is 10.4 Å². The largest absolute Gasteiger partial charge is 0.468 e. The van der Waals surface area contributed by atoms with Crippen molar-refractivity contribution >= 4 is 22.0 Å². The SMILES string of the molecule is COC(=O)C1(C(=O)OC)CC=C2CN(S(=O)(=O)c3c(C)cc(C)cc3C)[C@@H](C(C)C)C=C2C1. The predicted octanol–water partition coefficient (Wildman–Crippen LogP) is 3.62. The number of aryl methyl sites for hydroxylation is 3. The van der Waals surface area contributed by atoms with E-state index in [0.29, 0.717) is 4.90 Å². The summed E-state index contributed by atoms with van der Waals surface area (Å²) in [5.74, 6) is -1.31. The van der Waals surface area contributed by atoms with Crippen LogP contribution in [0.2, 0.25) is 0 Å². The molecule has 1 aliphatic heterocycles. The number of nitrogens with zero attached hydrogens (tertiary/aromatic N) is 1. The van der Waals surface area contributed by atoms with Crippen LogP contribution in [0.15, 0.2) is 40.3 Å². The summed E-state index contributed by atoms with van der Waals surface area (Å²) in [6, 6.07) is 3.35. The van der Waals surface area contributed by atoms with Crippen molar-refractivity contribution in [3.05, 3.63) is 52.1 Å². The molecule has 1 aliphatic carbocycles. The van der Waals surface area contributed by atoms with Crippen LogP contribution in [0, 0.1) is 32.1 Å². The normalized spacial score (nSPS) is 20.5. The number of fused-ring (bicyclic) bond motifs is 1. The van der Waals surface area contributed by atoms with Gasteiger partial charge in [-0.25, -0.2) is 8.42 Å². The third-order valence-electron chi connectivity index (χ3n) is 6.64. The first-order valence-corrected chi connectivity index (χ1v) is 12.5. The van der Waals surface area contributed by atoms with Crippen LogP contribution in [0.5, 0.6) is 0 Å².